The molecule has 1 N–H and O–H groups in total. The molecule has 0 heterocycles. The second-order valence-electron chi connectivity index (χ2n) is 12.1. The summed E-state index contributed by atoms with van der Waals surface area (Å²) in [6.45, 7) is 0.558. The Morgan fingerprint density at radius 2 is 0.554 bits per heavy atom. The molecular weight excluding hydrogens is 724 g/mol. The van der Waals surface area contributed by atoms with Crippen LogP contribution >= 0.6 is 0 Å². The minimum atomic E-state index is -0.172. The van der Waals surface area contributed by atoms with Gasteiger partial charge in [0.1, 0.15) is 26.4 Å². The number of rotatable bonds is 21. The molecule has 13 heteroatoms. The molecule has 0 aliphatic heterocycles. The molecule has 0 saturated carbocycles. The summed E-state index contributed by atoms with van der Waals surface area (Å²) in [7, 11) is 12.4. The molecule has 5 aromatic rings. The molecule has 56 heavy (non-hydrogen) atoms. The average Bonchev–Trinajstić information content (AvgIpc) is 3.25. The van der Waals surface area contributed by atoms with Crippen molar-refractivity contribution >= 4 is 0 Å². The van der Waals surface area contributed by atoms with E-state index in [-0.39, 0.29) is 26.4 Å². The molecule has 0 fully saturated rings. The fourth-order valence-corrected chi connectivity index (χ4v) is 5.84. The molecule has 0 saturated heterocycles. The van der Waals surface area contributed by atoms with Gasteiger partial charge in [0.05, 0.1) is 63.5 Å². The second kappa shape index (κ2) is 19.8. The van der Waals surface area contributed by atoms with Crippen LogP contribution in [0.3, 0.4) is 0 Å². The molecule has 0 bridgehead atoms. The molecule has 5 rings (SSSR count). The molecule has 0 atom stereocenters. The molecular formula is C43H48O13. The molecule has 0 aromatic heterocycles. The Hall–Kier alpha value is -6.34. The molecule has 0 unspecified atom stereocenters. The molecule has 298 valence electrons. The lowest BCUT2D eigenvalue weighted by Crippen LogP contribution is -2.06. The van der Waals surface area contributed by atoms with Crippen molar-refractivity contribution in [1.82, 2.24) is 0 Å². The largest absolute Gasteiger partial charge is 0.493 e. The molecule has 0 aliphatic rings. The fourth-order valence-electron chi connectivity index (χ4n) is 5.84. The van der Waals surface area contributed by atoms with Crippen molar-refractivity contribution in [2.45, 2.75) is 33.0 Å². The third kappa shape index (κ3) is 9.66. The van der Waals surface area contributed by atoms with Crippen LogP contribution in [0.15, 0.2) is 78.9 Å². The molecule has 0 amide bonds. The van der Waals surface area contributed by atoms with Crippen LogP contribution < -0.4 is 56.8 Å². The van der Waals surface area contributed by atoms with Gasteiger partial charge in [-0.15, -0.1) is 0 Å². The Labute approximate surface area is 327 Å². The maximum absolute atomic E-state index is 9.61. The van der Waals surface area contributed by atoms with Gasteiger partial charge in [0, 0.05) is 0 Å². The van der Waals surface area contributed by atoms with E-state index in [1.165, 1.54) is 14.2 Å². The normalized spacial score (nSPS) is 10.6. The second-order valence-corrected chi connectivity index (χ2v) is 12.1. The van der Waals surface area contributed by atoms with Gasteiger partial charge < -0.3 is 61.9 Å². The lowest BCUT2D eigenvalue weighted by molar-refractivity contribution is 0.250. The molecule has 0 aliphatic carbocycles. The Balaban J connectivity index is 1.31. The SMILES string of the molecule is COc1cc(CO)cc(OC)c1OCc1cc(OC)c(OCc2cc(OC)c(OCc3cc(OC)c(OCc4ccccc4)c(OC)c3)c(OC)c2)c(OC)c1. The summed E-state index contributed by atoms with van der Waals surface area (Å²) in [6, 6.07) is 24.1. The topological polar surface area (TPSA) is 131 Å². The standard InChI is InChI=1S/C43H48O13/c1-45-32-14-28(22-44)15-33(46-2)40(32)54-24-30-18-36(49-5)42(37(19-30)50-6)56-26-31-20-38(51-7)43(39(21-31)52-8)55-25-29-16-34(47-3)41(35(17-29)48-4)53-23-27-12-10-9-11-13-27/h9-21,44H,22-26H2,1-8H3. The van der Waals surface area contributed by atoms with Crippen LogP contribution in [0, 0.1) is 0 Å². The maximum atomic E-state index is 9.61. The monoisotopic (exact) mass is 772 g/mol. The van der Waals surface area contributed by atoms with Gasteiger partial charge in [-0.1, -0.05) is 30.3 Å². The lowest BCUT2D eigenvalue weighted by atomic mass is 10.1. The van der Waals surface area contributed by atoms with Gasteiger partial charge in [-0.3, -0.25) is 0 Å². The van der Waals surface area contributed by atoms with E-state index in [9.17, 15) is 5.11 Å². The summed E-state index contributed by atoms with van der Waals surface area (Å²) in [6.07, 6.45) is 0. The van der Waals surface area contributed by atoms with Crippen LogP contribution in [0.4, 0.5) is 0 Å². The van der Waals surface area contributed by atoms with Crippen molar-refractivity contribution < 1.29 is 61.9 Å². The highest BCUT2D eigenvalue weighted by Gasteiger charge is 2.21. The zero-order valence-electron chi connectivity index (χ0n) is 32.9. The number of benzene rings is 5. The minimum Gasteiger partial charge on any atom is -0.493 e. The number of hydrogen-bond acceptors (Lipinski definition) is 13. The van der Waals surface area contributed by atoms with E-state index in [0.717, 1.165) is 22.3 Å². The van der Waals surface area contributed by atoms with Gasteiger partial charge >= 0.3 is 0 Å². The first-order valence-electron chi connectivity index (χ1n) is 17.5. The maximum Gasteiger partial charge on any atom is 0.203 e. The summed E-state index contributed by atoms with van der Waals surface area (Å²) < 4.78 is 70.0. The van der Waals surface area contributed by atoms with E-state index < -0.39 is 0 Å². The Bertz CT molecular complexity index is 1950. The van der Waals surface area contributed by atoms with E-state index in [2.05, 4.69) is 0 Å². The van der Waals surface area contributed by atoms with Gasteiger partial charge in [-0.25, -0.2) is 0 Å². The first-order valence-corrected chi connectivity index (χ1v) is 17.5. The van der Waals surface area contributed by atoms with Gasteiger partial charge in [-0.05, 0) is 76.3 Å². The van der Waals surface area contributed by atoms with Crippen molar-refractivity contribution in [2.75, 3.05) is 56.9 Å². The predicted octanol–water partition coefficient (Wildman–Crippen LogP) is 7.56. The van der Waals surface area contributed by atoms with Crippen molar-refractivity contribution in [3.8, 4) is 69.0 Å². The molecule has 13 nitrogen and oxygen atoms in total. The fraction of sp³-hybridized carbons (Fsp3) is 0.302. The molecule has 0 radical (unpaired) electrons. The first kappa shape index (κ1) is 40.8. The quantitative estimate of drug-likeness (QED) is 0.0788. The van der Waals surface area contributed by atoms with Crippen molar-refractivity contribution in [3.05, 3.63) is 107 Å². The molecule has 5 aromatic carbocycles. The number of aliphatic hydroxyl groups is 1. The number of methoxy groups -OCH3 is 8. The van der Waals surface area contributed by atoms with E-state index in [1.54, 1.807) is 66.9 Å². The summed E-state index contributed by atoms with van der Waals surface area (Å²) >= 11 is 0. The van der Waals surface area contributed by atoms with Crippen LogP contribution in [-0.4, -0.2) is 62.0 Å². The highest BCUT2D eigenvalue weighted by molar-refractivity contribution is 5.58. The van der Waals surface area contributed by atoms with Crippen molar-refractivity contribution in [3.63, 3.8) is 0 Å². The Morgan fingerprint density at radius 3 is 0.786 bits per heavy atom. The van der Waals surface area contributed by atoms with Crippen LogP contribution in [0.5, 0.6) is 69.0 Å². The summed E-state index contributed by atoms with van der Waals surface area (Å²) in [4.78, 5) is 0. The predicted molar refractivity (Wildman–Crippen MR) is 208 cm³/mol. The zero-order chi connectivity index (χ0) is 40.0. The van der Waals surface area contributed by atoms with Crippen molar-refractivity contribution in [1.29, 1.82) is 0 Å². The summed E-state index contributed by atoms with van der Waals surface area (Å²) in [5.41, 5.74) is 3.88. The van der Waals surface area contributed by atoms with E-state index in [1.807, 2.05) is 54.6 Å². The average molecular weight is 773 g/mol. The Kier molecular flexibility index (Phi) is 14.5. The van der Waals surface area contributed by atoms with Gasteiger partial charge in [0.15, 0.2) is 46.0 Å². The van der Waals surface area contributed by atoms with E-state index in [4.69, 9.17) is 56.8 Å². The minimum absolute atomic E-state index is 0.111. The summed E-state index contributed by atoms with van der Waals surface area (Å²) in [5.74, 6) is 5.27. The Morgan fingerprint density at radius 1 is 0.321 bits per heavy atom. The summed E-state index contributed by atoms with van der Waals surface area (Å²) in [5, 5.41) is 9.61. The smallest absolute Gasteiger partial charge is 0.203 e. The van der Waals surface area contributed by atoms with E-state index >= 15 is 0 Å². The number of hydrogen-bond donors (Lipinski definition) is 1. The highest BCUT2D eigenvalue weighted by atomic mass is 16.6. The van der Waals surface area contributed by atoms with Gasteiger partial charge in [0.2, 0.25) is 23.0 Å². The van der Waals surface area contributed by atoms with Crippen LogP contribution in [0.25, 0.3) is 0 Å². The lowest BCUT2D eigenvalue weighted by Gasteiger charge is -2.19. The number of aliphatic hydroxyl groups excluding tert-OH is 1. The van der Waals surface area contributed by atoms with E-state index in [0.29, 0.717) is 81.2 Å². The third-order valence-corrected chi connectivity index (χ3v) is 8.64. The zero-order valence-corrected chi connectivity index (χ0v) is 32.9. The van der Waals surface area contributed by atoms with Crippen molar-refractivity contribution in [2.24, 2.45) is 0 Å². The highest BCUT2D eigenvalue weighted by Crippen LogP contribution is 2.44. The van der Waals surface area contributed by atoms with Crippen LogP contribution in [-0.2, 0) is 33.0 Å². The van der Waals surface area contributed by atoms with Gasteiger partial charge in [0.25, 0.3) is 0 Å². The number of ether oxygens (including phenoxy) is 12. The first-order chi connectivity index (χ1) is 27.3. The van der Waals surface area contributed by atoms with Gasteiger partial charge in [-0.2, -0.15) is 0 Å². The third-order valence-electron chi connectivity index (χ3n) is 8.64. The van der Waals surface area contributed by atoms with Crippen LogP contribution in [0.2, 0.25) is 0 Å². The molecule has 0 spiro atoms. The van der Waals surface area contributed by atoms with Crippen LogP contribution in [0.1, 0.15) is 27.8 Å².